The second-order valence-corrected chi connectivity index (χ2v) is 6.97. The lowest BCUT2D eigenvalue weighted by atomic mass is 10.1. The van der Waals surface area contributed by atoms with E-state index >= 15 is 0 Å². The summed E-state index contributed by atoms with van der Waals surface area (Å²) in [6.07, 6.45) is 0.639. The molecule has 0 aliphatic carbocycles. The summed E-state index contributed by atoms with van der Waals surface area (Å²) in [7, 11) is 0. The number of halogens is 3. The van der Waals surface area contributed by atoms with Crippen molar-refractivity contribution in [2.45, 2.75) is 37.9 Å². The minimum atomic E-state index is -4.41. The highest BCUT2D eigenvalue weighted by atomic mass is 19.4. The van der Waals surface area contributed by atoms with E-state index in [-0.39, 0.29) is 18.4 Å². The van der Waals surface area contributed by atoms with Gasteiger partial charge in [0.1, 0.15) is 0 Å². The van der Waals surface area contributed by atoms with Gasteiger partial charge in [-0.05, 0) is 43.0 Å². The summed E-state index contributed by atoms with van der Waals surface area (Å²) in [5.41, 5.74) is -0.388. The summed E-state index contributed by atoms with van der Waals surface area (Å²) in [5.74, 6) is 0.536. The molecule has 0 spiro atoms. The number of alkyl halides is 3. The van der Waals surface area contributed by atoms with Crippen LogP contribution in [0.2, 0.25) is 0 Å². The third kappa shape index (κ3) is 5.35. The molecule has 1 saturated heterocycles. The highest BCUT2D eigenvalue weighted by molar-refractivity contribution is 5.78. The molecule has 1 aromatic carbocycles. The fraction of sp³-hybridized carbons (Fsp3) is 0.450. The molecular formula is C20H24F3N2O2+. The second kappa shape index (κ2) is 8.61. The number of amides is 1. The first-order chi connectivity index (χ1) is 12.9. The number of carbonyl (C=O) groups is 1. The van der Waals surface area contributed by atoms with Crippen LogP contribution >= 0.6 is 0 Å². The van der Waals surface area contributed by atoms with E-state index in [1.807, 2.05) is 12.1 Å². The van der Waals surface area contributed by atoms with Gasteiger partial charge >= 0.3 is 6.18 Å². The van der Waals surface area contributed by atoms with Gasteiger partial charge in [-0.2, -0.15) is 13.2 Å². The second-order valence-electron chi connectivity index (χ2n) is 6.97. The molecule has 1 aliphatic rings. The van der Waals surface area contributed by atoms with Crippen LogP contribution in [0.5, 0.6) is 0 Å². The van der Waals surface area contributed by atoms with Gasteiger partial charge in [-0.25, -0.2) is 0 Å². The van der Waals surface area contributed by atoms with Gasteiger partial charge in [-0.3, -0.25) is 4.79 Å². The predicted molar refractivity (Wildman–Crippen MR) is 94.2 cm³/mol. The molecule has 1 aliphatic heterocycles. The Kier molecular flexibility index (Phi) is 6.21. The van der Waals surface area contributed by atoms with E-state index in [1.165, 1.54) is 23.5 Å². The van der Waals surface area contributed by atoms with Crippen LogP contribution < -0.4 is 10.2 Å². The van der Waals surface area contributed by atoms with Crippen molar-refractivity contribution in [1.29, 1.82) is 0 Å². The normalized spacial score (nSPS) is 16.9. The first-order valence-corrected chi connectivity index (χ1v) is 9.24. The van der Waals surface area contributed by atoms with E-state index in [4.69, 9.17) is 4.42 Å². The third-order valence-corrected chi connectivity index (χ3v) is 5.00. The molecule has 4 nitrogen and oxygen atoms in total. The SMILES string of the molecule is O=C(Cc1cccc(C(F)(F)F)c1)NC[C@@H](c1ccco1)[NH+]1CCCCC1. The van der Waals surface area contributed by atoms with Gasteiger partial charge in [0.2, 0.25) is 5.91 Å². The zero-order valence-electron chi connectivity index (χ0n) is 15.0. The lowest BCUT2D eigenvalue weighted by Gasteiger charge is -2.30. The Balaban J connectivity index is 1.61. The zero-order chi connectivity index (χ0) is 19.3. The highest BCUT2D eigenvalue weighted by Crippen LogP contribution is 2.29. The lowest BCUT2D eigenvalue weighted by molar-refractivity contribution is -0.936. The highest BCUT2D eigenvalue weighted by Gasteiger charge is 2.31. The van der Waals surface area contributed by atoms with Crippen molar-refractivity contribution in [3.05, 3.63) is 59.5 Å². The average molecular weight is 381 g/mol. The Morgan fingerprint density at radius 2 is 1.93 bits per heavy atom. The molecule has 7 heteroatoms. The molecule has 2 aromatic rings. The number of carbonyl (C=O) groups excluding carboxylic acids is 1. The molecule has 1 fully saturated rings. The van der Waals surface area contributed by atoms with E-state index < -0.39 is 11.7 Å². The molecule has 2 heterocycles. The zero-order valence-corrected chi connectivity index (χ0v) is 15.0. The van der Waals surface area contributed by atoms with Crippen LogP contribution in [0.3, 0.4) is 0 Å². The molecule has 0 bridgehead atoms. The van der Waals surface area contributed by atoms with E-state index in [0.29, 0.717) is 12.1 Å². The van der Waals surface area contributed by atoms with Crippen molar-refractivity contribution in [1.82, 2.24) is 5.32 Å². The van der Waals surface area contributed by atoms with Gasteiger partial charge in [0, 0.05) is 0 Å². The maximum absolute atomic E-state index is 12.8. The molecule has 3 rings (SSSR count). The lowest BCUT2D eigenvalue weighted by Crippen LogP contribution is -3.13. The maximum Gasteiger partial charge on any atom is 0.416 e. The molecule has 1 atom stereocenters. The third-order valence-electron chi connectivity index (χ3n) is 5.00. The van der Waals surface area contributed by atoms with Crippen LogP contribution in [0.15, 0.2) is 47.1 Å². The number of hydrogen-bond donors (Lipinski definition) is 2. The van der Waals surface area contributed by atoms with Crippen LogP contribution in [0.4, 0.5) is 13.2 Å². The van der Waals surface area contributed by atoms with Crippen molar-refractivity contribution in [2.75, 3.05) is 19.6 Å². The molecule has 0 saturated carbocycles. The summed E-state index contributed by atoms with van der Waals surface area (Å²) in [4.78, 5) is 13.7. The van der Waals surface area contributed by atoms with Gasteiger partial charge in [0.05, 0.1) is 37.9 Å². The van der Waals surface area contributed by atoms with Gasteiger partial charge in [-0.1, -0.05) is 18.2 Å². The average Bonchev–Trinajstić information content (AvgIpc) is 3.17. The fourth-order valence-corrected chi connectivity index (χ4v) is 3.61. The van der Waals surface area contributed by atoms with Crippen LogP contribution in [-0.2, 0) is 17.4 Å². The van der Waals surface area contributed by atoms with Crippen molar-refractivity contribution >= 4 is 5.91 Å². The number of likely N-dealkylation sites (tertiary alicyclic amines) is 1. The predicted octanol–water partition coefficient (Wildman–Crippen LogP) is 2.77. The standard InChI is InChI=1S/C20H23F3N2O2/c21-20(22,23)16-7-4-6-15(12-16)13-19(26)24-14-17(18-8-5-11-27-18)25-9-2-1-3-10-25/h4-8,11-12,17H,1-3,9-10,13-14H2,(H,24,26)/p+1/t17-/m0/s1. The Morgan fingerprint density at radius 3 is 2.59 bits per heavy atom. The van der Waals surface area contributed by atoms with Gasteiger partial charge in [-0.15, -0.1) is 0 Å². The monoisotopic (exact) mass is 381 g/mol. The first-order valence-electron chi connectivity index (χ1n) is 9.24. The maximum atomic E-state index is 12.8. The summed E-state index contributed by atoms with van der Waals surface area (Å²) in [6.45, 7) is 2.45. The number of furan rings is 1. The minimum Gasteiger partial charge on any atom is -0.463 e. The minimum absolute atomic E-state index is 0.0192. The topological polar surface area (TPSA) is 46.7 Å². The molecule has 27 heavy (non-hydrogen) atoms. The van der Waals surface area contributed by atoms with Crippen LogP contribution in [0.25, 0.3) is 0 Å². The molecule has 2 N–H and O–H groups in total. The molecule has 1 amide bonds. The van der Waals surface area contributed by atoms with Crippen LogP contribution in [-0.4, -0.2) is 25.5 Å². The number of piperidine rings is 1. The van der Waals surface area contributed by atoms with Crippen LogP contribution in [0, 0.1) is 0 Å². The Bertz CT molecular complexity index is 738. The van der Waals surface area contributed by atoms with Gasteiger partial charge in [0.15, 0.2) is 11.8 Å². The molecule has 146 valence electrons. The Hall–Kier alpha value is -2.28. The number of rotatable bonds is 6. The summed E-state index contributed by atoms with van der Waals surface area (Å²) < 4.78 is 44.0. The Labute approximate surface area is 156 Å². The van der Waals surface area contributed by atoms with E-state index in [2.05, 4.69) is 5.32 Å². The molecule has 0 unspecified atom stereocenters. The van der Waals surface area contributed by atoms with Gasteiger partial charge < -0.3 is 14.6 Å². The number of quaternary nitrogens is 1. The van der Waals surface area contributed by atoms with Crippen molar-refractivity contribution in [2.24, 2.45) is 0 Å². The first kappa shape index (κ1) is 19.5. The summed E-state index contributed by atoms with van der Waals surface area (Å²) in [5, 5.41) is 2.87. The fourth-order valence-electron chi connectivity index (χ4n) is 3.61. The van der Waals surface area contributed by atoms with Crippen molar-refractivity contribution in [3.8, 4) is 0 Å². The number of hydrogen-bond acceptors (Lipinski definition) is 2. The quantitative estimate of drug-likeness (QED) is 0.808. The smallest absolute Gasteiger partial charge is 0.416 e. The number of benzene rings is 1. The van der Waals surface area contributed by atoms with E-state index in [1.54, 1.807) is 6.26 Å². The van der Waals surface area contributed by atoms with E-state index in [9.17, 15) is 18.0 Å². The van der Waals surface area contributed by atoms with Crippen molar-refractivity contribution < 1.29 is 27.3 Å². The summed E-state index contributed by atoms with van der Waals surface area (Å²) in [6, 6.07) is 8.66. The van der Waals surface area contributed by atoms with Crippen molar-refractivity contribution in [3.63, 3.8) is 0 Å². The molecular weight excluding hydrogens is 357 g/mol. The number of nitrogens with one attached hydrogen (secondary N) is 2. The molecule has 1 aromatic heterocycles. The van der Waals surface area contributed by atoms with Crippen LogP contribution in [0.1, 0.15) is 42.2 Å². The Morgan fingerprint density at radius 1 is 1.15 bits per heavy atom. The van der Waals surface area contributed by atoms with Gasteiger partial charge in [0.25, 0.3) is 0 Å². The molecule has 0 radical (unpaired) electrons. The van der Waals surface area contributed by atoms with E-state index in [0.717, 1.165) is 43.8 Å². The largest absolute Gasteiger partial charge is 0.463 e. The summed E-state index contributed by atoms with van der Waals surface area (Å²) >= 11 is 0.